The molecule has 29 heavy (non-hydrogen) atoms. The van der Waals surface area contributed by atoms with Crippen LogP contribution in [0.15, 0.2) is 52.4 Å². The number of methoxy groups -OCH3 is 2. The second kappa shape index (κ2) is 9.05. The molecule has 1 aliphatic rings. The number of benzene rings is 2. The van der Waals surface area contributed by atoms with Crippen molar-refractivity contribution in [2.45, 2.75) is 13.8 Å². The van der Waals surface area contributed by atoms with E-state index >= 15 is 0 Å². The predicted octanol–water partition coefficient (Wildman–Crippen LogP) is 4.67. The lowest BCUT2D eigenvalue weighted by molar-refractivity contribution is -0.122. The predicted molar refractivity (Wildman–Crippen MR) is 117 cm³/mol. The van der Waals surface area contributed by atoms with Crippen LogP contribution < -0.4 is 9.47 Å². The fraction of sp³-hybridized carbons (Fsp3) is 0.273. The van der Waals surface area contributed by atoms with Gasteiger partial charge in [-0.1, -0.05) is 19.9 Å². The van der Waals surface area contributed by atoms with Crippen LogP contribution in [-0.2, 0) is 4.79 Å². The highest BCUT2D eigenvalue weighted by Crippen LogP contribution is 2.36. The highest BCUT2D eigenvalue weighted by molar-refractivity contribution is 8.18. The molecule has 6 nitrogen and oxygen atoms in total. The van der Waals surface area contributed by atoms with Gasteiger partial charge in [-0.05, 0) is 65.7 Å². The summed E-state index contributed by atoms with van der Waals surface area (Å²) in [5, 5.41) is 10.4. The van der Waals surface area contributed by atoms with E-state index in [0.717, 1.165) is 17.0 Å². The van der Waals surface area contributed by atoms with Gasteiger partial charge >= 0.3 is 0 Å². The minimum absolute atomic E-state index is 0.0586. The molecule has 2 aromatic carbocycles. The Labute approximate surface area is 174 Å². The maximum Gasteiger partial charge on any atom is 0.266 e. The van der Waals surface area contributed by atoms with Gasteiger partial charge in [0.2, 0.25) is 0 Å². The van der Waals surface area contributed by atoms with Crippen LogP contribution in [0.2, 0.25) is 0 Å². The van der Waals surface area contributed by atoms with Crippen LogP contribution in [0.4, 0.5) is 5.69 Å². The van der Waals surface area contributed by atoms with Crippen LogP contribution in [0.1, 0.15) is 19.4 Å². The zero-order valence-electron chi connectivity index (χ0n) is 16.9. The summed E-state index contributed by atoms with van der Waals surface area (Å²) in [6.07, 6.45) is 1.79. The van der Waals surface area contributed by atoms with Crippen LogP contribution in [0.25, 0.3) is 6.08 Å². The molecule has 0 atom stereocenters. The average Bonchev–Trinajstić information content (AvgIpc) is 2.98. The van der Waals surface area contributed by atoms with E-state index in [-0.39, 0.29) is 11.7 Å². The third kappa shape index (κ3) is 4.92. The normalized spacial score (nSPS) is 16.9. The van der Waals surface area contributed by atoms with Gasteiger partial charge in [-0.15, -0.1) is 0 Å². The summed E-state index contributed by atoms with van der Waals surface area (Å²) in [6.45, 7) is 4.71. The Morgan fingerprint density at radius 3 is 2.48 bits per heavy atom. The van der Waals surface area contributed by atoms with Gasteiger partial charge in [0.15, 0.2) is 16.7 Å². The zero-order chi connectivity index (χ0) is 21.0. The Bertz CT molecular complexity index is 952. The molecule has 1 heterocycles. The van der Waals surface area contributed by atoms with E-state index in [2.05, 4.69) is 18.8 Å². The van der Waals surface area contributed by atoms with Gasteiger partial charge in [-0.2, -0.15) is 0 Å². The van der Waals surface area contributed by atoms with Gasteiger partial charge in [0, 0.05) is 6.54 Å². The molecule has 1 aliphatic heterocycles. The lowest BCUT2D eigenvalue weighted by Crippen LogP contribution is -2.32. The minimum Gasteiger partial charge on any atom is -0.504 e. The van der Waals surface area contributed by atoms with E-state index in [4.69, 9.17) is 9.47 Å². The SMILES string of the molecule is COc1ccc(N=C2SC(=Cc3ccc(O)c(OC)c3)C(=O)N2CC(C)C)cc1. The number of rotatable bonds is 6. The van der Waals surface area contributed by atoms with Crippen molar-refractivity contribution in [2.75, 3.05) is 20.8 Å². The maximum absolute atomic E-state index is 13.0. The molecule has 0 spiro atoms. The third-order valence-electron chi connectivity index (χ3n) is 4.23. The standard InChI is InChI=1S/C22H24N2O4S/c1-14(2)13-24-21(26)20(12-15-5-10-18(25)19(11-15)28-4)29-22(24)23-16-6-8-17(27-3)9-7-16/h5-12,14,25H,13H2,1-4H3. The first-order valence-electron chi connectivity index (χ1n) is 9.22. The summed E-state index contributed by atoms with van der Waals surface area (Å²) in [6, 6.07) is 12.4. The fourth-order valence-electron chi connectivity index (χ4n) is 2.82. The van der Waals surface area contributed by atoms with Crippen LogP contribution in [0.5, 0.6) is 17.2 Å². The largest absolute Gasteiger partial charge is 0.504 e. The van der Waals surface area contributed by atoms with E-state index in [0.29, 0.717) is 28.3 Å². The number of phenolic OH excluding ortho intramolecular Hbond substituents is 1. The number of amides is 1. The molecule has 0 unspecified atom stereocenters. The quantitative estimate of drug-likeness (QED) is 0.698. The van der Waals surface area contributed by atoms with Crippen molar-refractivity contribution in [1.82, 2.24) is 4.90 Å². The number of nitrogens with zero attached hydrogens (tertiary/aromatic N) is 2. The van der Waals surface area contributed by atoms with E-state index in [1.807, 2.05) is 24.3 Å². The molecular weight excluding hydrogens is 388 g/mol. The Balaban J connectivity index is 1.94. The first-order valence-corrected chi connectivity index (χ1v) is 10.0. The Morgan fingerprint density at radius 1 is 1.14 bits per heavy atom. The molecular formula is C22H24N2O4S. The van der Waals surface area contributed by atoms with Gasteiger partial charge < -0.3 is 14.6 Å². The number of carbonyl (C=O) groups excluding carboxylic acids is 1. The maximum atomic E-state index is 13.0. The number of aromatic hydroxyl groups is 1. The van der Waals surface area contributed by atoms with Gasteiger partial charge in [0.05, 0.1) is 24.8 Å². The van der Waals surface area contributed by atoms with Crippen molar-refractivity contribution in [3.63, 3.8) is 0 Å². The number of carbonyl (C=O) groups is 1. The molecule has 1 N–H and O–H groups in total. The van der Waals surface area contributed by atoms with Crippen LogP contribution in [0.3, 0.4) is 0 Å². The average molecular weight is 413 g/mol. The number of amidine groups is 1. The Hall–Kier alpha value is -2.93. The number of hydrogen-bond acceptors (Lipinski definition) is 6. The smallest absolute Gasteiger partial charge is 0.266 e. The molecule has 1 fully saturated rings. The lowest BCUT2D eigenvalue weighted by atomic mass is 10.1. The van der Waals surface area contributed by atoms with E-state index < -0.39 is 0 Å². The lowest BCUT2D eigenvalue weighted by Gasteiger charge is -2.17. The van der Waals surface area contributed by atoms with E-state index in [1.165, 1.54) is 18.9 Å². The van der Waals surface area contributed by atoms with Gasteiger partial charge in [0.25, 0.3) is 5.91 Å². The monoisotopic (exact) mass is 412 g/mol. The van der Waals surface area contributed by atoms with E-state index in [1.54, 1.807) is 36.3 Å². The molecule has 2 aromatic rings. The Kier molecular flexibility index (Phi) is 6.49. The summed E-state index contributed by atoms with van der Waals surface area (Å²) in [7, 11) is 3.11. The first kappa shape index (κ1) is 20.8. The summed E-state index contributed by atoms with van der Waals surface area (Å²) in [4.78, 5) is 20.0. The molecule has 7 heteroatoms. The van der Waals surface area contributed by atoms with Gasteiger partial charge in [-0.25, -0.2) is 4.99 Å². The minimum atomic E-state index is -0.0806. The van der Waals surface area contributed by atoms with Crippen LogP contribution >= 0.6 is 11.8 Å². The second-order valence-electron chi connectivity index (χ2n) is 6.94. The molecule has 1 saturated heterocycles. The third-order valence-corrected chi connectivity index (χ3v) is 5.24. The van der Waals surface area contributed by atoms with Crippen molar-refractivity contribution >= 4 is 34.6 Å². The topological polar surface area (TPSA) is 71.4 Å². The summed E-state index contributed by atoms with van der Waals surface area (Å²) >= 11 is 1.34. The zero-order valence-corrected chi connectivity index (χ0v) is 17.7. The van der Waals surface area contributed by atoms with Crippen molar-refractivity contribution in [2.24, 2.45) is 10.9 Å². The summed E-state index contributed by atoms with van der Waals surface area (Å²) in [5.41, 5.74) is 1.52. The molecule has 3 rings (SSSR count). The second-order valence-corrected chi connectivity index (χ2v) is 7.95. The molecule has 0 radical (unpaired) electrons. The van der Waals surface area contributed by atoms with Crippen molar-refractivity contribution in [3.05, 3.63) is 52.9 Å². The number of thioether (sulfide) groups is 1. The first-order chi connectivity index (χ1) is 13.9. The highest BCUT2D eigenvalue weighted by Gasteiger charge is 2.33. The number of ether oxygens (including phenoxy) is 2. The summed E-state index contributed by atoms with van der Waals surface area (Å²) < 4.78 is 10.3. The highest BCUT2D eigenvalue weighted by atomic mass is 32.2. The van der Waals surface area contributed by atoms with Gasteiger partial charge in [0.1, 0.15) is 5.75 Å². The molecule has 1 amide bonds. The molecule has 0 bridgehead atoms. The van der Waals surface area contributed by atoms with E-state index in [9.17, 15) is 9.90 Å². The summed E-state index contributed by atoms with van der Waals surface area (Å²) in [5.74, 6) is 1.39. The molecule has 0 aliphatic carbocycles. The van der Waals surface area contributed by atoms with Crippen LogP contribution in [0, 0.1) is 5.92 Å². The van der Waals surface area contributed by atoms with Gasteiger partial charge in [-0.3, -0.25) is 9.69 Å². The fourth-order valence-corrected chi connectivity index (χ4v) is 3.83. The van der Waals surface area contributed by atoms with Crippen molar-refractivity contribution in [3.8, 4) is 17.2 Å². The van der Waals surface area contributed by atoms with Crippen molar-refractivity contribution in [1.29, 1.82) is 0 Å². The van der Waals surface area contributed by atoms with Crippen LogP contribution in [-0.4, -0.2) is 41.8 Å². The molecule has 152 valence electrons. The Morgan fingerprint density at radius 2 is 1.86 bits per heavy atom. The number of hydrogen-bond donors (Lipinski definition) is 1. The number of aliphatic imine (C=N–C) groups is 1. The molecule has 0 saturated carbocycles. The van der Waals surface area contributed by atoms with Crippen molar-refractivity contribution < 1.29 is 19.4 Å². The number of phenols is 1. The molecule has 0 aromatic heterocycles.